The first-order valence-corrected chi connectivity index (χ1v) is 4.48. The second kappa shape index (κ2) is 5.00. The van der Waals surface area contributed by atoms with Crippen LogP contribution in [0.1, 0.15) is 22.5 Å². The monoisotopic (exact) mass is 249 g/mol. The first-order chi connectivity index (χ1) is 7.47. The number of amides is 1. The van der Waals surface area contributed by atoms with Crippen molar-refractivity contribution in [3.05, 3.63) is 17.5 Å². The van der Waals surface area contributed by atoms with E-state index >= 15 is 0 Å². The highest BCUT2D eigenvalue weighted by Crippen LogP contribution is 2.20. The number of isothiocyanates is 1. The molecule has 0 radical (unpaired) electrons. The number of aromatic nitrogens is 2. The van der Waals surface area contributed by atoms with Gasteiger partial charge >= 0.3 is 5.91 Å². The van der Waals surface area contributed by atoms with E-state index in [2.05, 4.69) is 22.3 Å². The topological polar surface area (TPSA) is 47.2 Å². The zero-order chi connectivity index (χ0) is 12.3. The van der Waals surface area contributed by atoms with Crippen LogP contribution in [-0.2, 0) is 0 Å². The fraction of sp³-hybridized carbons (Fsp3) is 0.375. The summed E-state index contributed by atoms with van der Waals surface area (Å²) in [6, 6.07) is 1.15. The number of alkyl halides is 3. The van der Waals surface area contributed by atoms with Gasteiger partial charge in [-0.15, -0.1) is 0 Å². The summed E-state index contributed by atoms with van der Waals surface area (Å²) in [5.74, 6) is -0.959. The van der Waals surface area contributed by atoms with Crippen LogP contribution in [-0.4, -0.2) is 27.3 Å². The molecule has 16 heavy (non-hydrogen) atoms. The molecule has 4 nitrogen and oxygen atoms in total. The van der Waals surface area contributed by atoms with Crippen molar-refractivity contribution in [1.29, 1.82) is 0 Å². The number of rotatable bonds is 3. The Labute approximate surface area is 93.8 Å². The van der Waals surface area contributed by atoms with E-state index < -0.39 is 18.6 Å². The number of hydrogen-bond acceptors (Lipinski definition) is 3. The van der Waals surface area contributed by atoms with Crippen molar-refractivity contribution >= 4 is 23.3 Å². The molecule has 8 heteroatoms. The zero-order valence-corrected chi connectivity index (χ0v) is 8.84. The van der Waals surface area contributed by atoms with Gasteiger partial charge in [0.2, 0.25) is 0 Å². The van der Waals surface area contributed by atoms with E-state index in [1.165, 1.54) is 6.92 Å². The maximum atomic E-state index is 13.0. The molecule has 0 aromatic carbocycles. The van der Waals surface area contributed by atoms with Crippen LogP contribution in [0.5, 0.6) is 0 Å². The quantitative estimate of drug-likeness (QED) is 0.609. The summed E-state index contributed by atoms with van der Waals surface area (Å²) in [4.78, 5) is 14.3. The summed E-state index contributed by atoms with van der Waals surface area (Å²) < 4.78 is 37.6. The van der Waals surface area contributed by atoms with E-state index in [0.717, 1.165) is 6.07 Å². The predicted octanol–water partition coefficient (Wildman–Crippen LogP) is 2.17. The number of aliphatic imine (C=N–C) groups is 1. The van der Waals surface area contributed by atoms with Gasteiger partial charge in [0, 0.05) is 0 Å². The molecule has 1 heterocycles. The van der Waals surface area contributed by atoms with Crippen molar-refractivity contribution in [3.8, 4) is 0 Å². The van der Waals surface area contributed by atoms with E-state index in [4.69, 9.17) is 0 Å². The summed E-state index contributed by atoms with van der Waals surface area (Å²) >= 11 is 4.19. The second-order valence-corrected chi connectivity index (χ2v) is 3.01. The van der Waals surface area contributed by atoms with Crippen molar-refractivity contribution in [2.45, 2.75) is 19.6 Å². The van der Waals surface area contributed by atoms with Gasteiger partial charge in [0.25, 0.3) is 12.7 Å². The third kappa shape index (κ3) is 2.53. The summed E-state index contributed by atoms with van der Waals surface area (Å²) in [7, 11) is 0. The molecule has 1 aromatic heterocycles. The molecule has 0 fully saturated rings. The summed E-state index contributed by atoms with van der Waals surface area (Å²) in [5.41, 5.74) is -0.158. The van der Waals surface area contributed by atoms with Crippen LogP contribution in [0.15, 0.2) is 11.1 Å². The minimum atomic E-state index is -3.28. The Morgan fingerprint density at radius 1 is 1.62 bits per heavy atom. The molecule has 1 rings (SSSR count). The first-order valence-electron chi connectivity index (χ1n) is 4.08. The van der Waals surface area contributed by atoms with Crippen LogP contribution in [0.25, 0.3) is 0 Å². The largest absolute Gasteiger partial charge is 0.304 e. The lowest BCUT2D eigenvalue weighted by atomic mass is 10.3. The van der Waals surface area contributed by atoms with Crippen molar-refractivity contribution < 1.29 is 18.0 Å². The van der Waals surface area contributed by atoms with E-state index in [1.807, 2.05) is 0 Å². The van der Waals surface area contributed by atoms with Crippen molar-refractivity contribution in [1.82, 2.24) is 9.78 Å². The lowest BCUT2D eigenvalue weighted by Crippen LogP contribution is -2.18. The molecule has 0 bridgehead atoms. The van der Waals surface area contributed by atoms with E-state index in [-0.39, 0.29) is 11.4 Å². The molecule has 0 aliphatic heterocycles. The molecule has 0 N–H and O–H groups in total. The highest BCUT2D eigenvalue weighted by atomic mass is 32.1. The Morgan fingerprint density at radius 3 is 2.75 bits per heavy atom. The van der Waals surface area contributed by atoms with Crippen LogP contribution < -0.4 is 0 Å². The van der Waals surface area contributed by atoms with E-state index in [0.29, 0.717) is 4.68 Å². The Morgan fingerprint density at radius 2 is 2.25 bits per heavy atom. The van der Waals surface area contributed by atoms with Gasteiger partial charge in [-0.25, -0.2) is 17.9 Å². The fourth-order valence-corrected chi connectivity index (χ4v) is 1.15. The third-order valence-corrected chi connectivity index (χ3v) is 1.76. The average Bonchev–Trinajstić information content (AvgIpc) is 2.59. The molecule has 86 valence electrons. The third-order valence-electron chi connectivity index (χ3n) is 1.67. The number of nitrogens with zero attached hydrogens (tertiary/aromatic N) is 3. The van der Waals surface area contributed by atoms with Gasteiger partial charge in [-0.2, -0.15) is 10.1 Å². The number of carbonyl (C=O) groups is 1. The van der Waals surface area contributed by atoms with Gasteiger partial charge in [0.15, 0.2) is 0 Å². The maximum Gasteiger partial charge on any atom is 0.304 e. The van der Waals surface area contributed by atoms with Gasteiger partial charge in [-0.1, -0.05) is 0 Å². The Bertz CT molecular complexity index is 453. The molecule has 1 unspecified atom stereocenters. The molecule has 1 aromatic rings. The van der Waals surface area contributed by atoms with Gasteiger partial charge < -0.3 is 0 Å². The molecular weight excluding hydrogens is 243 g/mol. The smallest absolute Gasteiger partial charge is 0.264 e. The SMILES string of the molecule is Cc1cc(C(=O)N=C=S)n(C(F)C(F)F)n1. The maximum absolute atomic E-state index is 13.0. The summed E-state index contributed by atoms with van der Waals surface area (Å²) in [6.45, 7) is 1.44. The Hall–Kier alpha value is -1.53. The van der Waals surface area contributed by atoms with Gasteiger partial charge in [-0.3, -0.25) is 4.79 Å². The van der Waals surface area contributed by atoms with Crippen molar-refractivity contribution in [3.63, 3.8) is 0 Å². The van der Waals surface area contributed by atoms with Crippen LogP contribution >= 0.6 is 12.2 Å². The molecule has 0 saturated heterocycles. The number of thiocarbonyl (C=S) groups is 1. The molecule has 0 saturated carbocycles. The van der Waals surface area contributed by atoms with Gasteiger partial charge in [-0.05, 0) is 25.2 Å². The molecule has 0 spiro atoms. The van der Waals surface area contributed by atoms with Crippen LogP contribution in [0.4, 0.5) is 13.2 Å². The van der Waals surface area contributed by atoms with Crippen molar-refractivity contribution in [2.75, 3.05) is 0 Å². The molecule has 1 amide bonds. The van der Waals surface area contributed by atoms with Crippen LogP contribution in [0, 0.1) is 6.92 Å². The number of halogens is 3. The fourth-order valence-electron chi connectivity index (χ4n) is 1.07. The van der Waals surface area contributed by atoms with Crippen molar-refractivity contribution in [2.24, 2.45) is 4.99 Å². The van der Waals surface area contributed by atoms with Gasteiger partial charge in [0.1, 0.15) is 5.69 Å². The number of aryl methyl sites for hydroxylation is 1. The minimum Gasteiger partial charge on any atom is -0.264 e. The van der Waals surface area contributed by atoms with E-state index in [9.17, 15) is 18.0 Å². The Kier molecular flexibility index (Phi) is 3.92. The second-order valence-electron chi connectivity index (χ2n) is 2.83. The predicted molar refractivity (Wildman–Crippen MR) is 52.5 cm³/mol. The lowest BCUT2D eigenvalue weighted by molar-refractivity contribution is -0.000616. The number of hydrogen-bond donors (Lipinski definition) is 0. The van der Waals surface area contributed by atoms with Crippen LogP contribution in [0.2, 0.25) is 0 Å². The van der Waals surface area contributed by atoms with E-state index in [1.54, 1.807) is 5.16 Å². The summed E-state index contributed by atoms with van der Waals surface area (Å²) in [6.07, 6.45) is -5.96. The number of carbonyl (C=O) groups excluding carboxylic acids is 1. The van der Waals surface area contributed by atoms with Gasteiger partial charge in [0.05, 0.1) is 10.9 Å². The minimum absolute atomic E-state index is 0.228. The highest BCUT2D eigenvalue weighted by molar-refractivity contribution is 7.78. The Balaban J connectivity index is 3.19. The molecule has 1 atom stereocenters. The summed E-state index contributed by atoms with van der Waals surface area (Å²) in [5, 5.41) is 5.23. The average molecular weight is 249 g/mol. The highest BCUT2D eigenvalue weighted by Gasteiger charge is 2.27. The molecular formula is C8H6F3N3OS. The first kappa shape index (κ1) is 12.5. The standard InChI is InChI=1S/C8H6F3N3OS/c1-4-2-5(8(15)12-3-16)14(13-4)7(11)6(9)10/h2,6-7H,1H3. The normalized spacial score (nSPS) is 12.3. The van der Waals surface area contributed by atoms with Crippen LogP contribution in [0.3, 0.4) is 0 Å². The molecule has 0 aliphatic carbocycles. The zero-order valence-electron chi connectivity index (χ0n) is 8.02. The molecule has 0 aliphatic rings. The lowest BCUT2D eigenvalue weighted by Gasteiger charge is -2.09.